The van der Waals surface area contributed by atoms with E-state index < -0.39 is 0 Å². The number of rotatable bonds is 6. The summed E-state index contributed by atoms with van der Waals surface area (Å²) < 4.78 is 0. The molecular formula is C54H34N2. The summed E-state index contributed by atoms with van der Waals surface area (Å²) in [5.74, 6) is 0.709. The van der Waals surface area contributed by atoms with Crippen molar-refractivity contribution in [2.45, 2.75) is 0 Å². The van der Waals surface area contributed by atoms with Gasteiger partial charge in [-0.05, 0) is 101 Å². The molecule has 10 aromatic rings. The number of hydrogen-bond acceptors (Lipinski definition) is 2. The minimum Gasteiger partial charge on any atom is -0.228 e. The topological polar surface area (TPSA) is 25.8 Å². The zero-order chi connectivity index (χ0) is 37.0. The fraction of sp³-hybridized carbons (Fsp3) is 0. The Morgan fingerprint density at radius 2 is 0.714 bits per heavy atom. The first-order valence-electron chi connectivity index (χ1n) is 19.2. The van der Waals surface area contributed by atoms with Crippen LogP contribution in [0, 0.1) is 0 Å². The number of benzene rings is 9. The van der Waals surface area contributed by atoms with Gasteiger partial charge in [0, 0.05) is 16.7 Å². The van der Waals surface area contributed by atoms with Gasteiger partial charge in [0.05, 0.1) is 11.4 Å². The highest BCUT2D eigenvalue weighted by atomic mass is 14.9. The second-order valence-electron chi connectivity index (χ2n) is 14.5. The Labute approximate surface area is 326 Å². The molecule has 56 heavy (non-hydrogen) atoms. The molecule has 2 heteroatoms. The standard InChI is InChI=1S/C54H34N2/c1-3-15-35(16-4-1)51-34-52(56-54(55-51)36-17-5-2-6-18-36)40-22-13-21-39(31-40)49-32-37-19-7-8-20-38(37)33-50(49)44-26-12-9-23-41(44)45-29-30-48-43-25-11-10-24-42(43)46-27-14-28-47(45)53(46)48/h1-34H. The summed E-state index contributed by atoms with van der Waals surface area (Å²) in [5.41, 5.74) is 17.3. The molecule has 1 heterocycles. The quantitative estimate of drug-likeness (QED) is 0.172. The second kappa shape index (κ2) is 13.2. The summed E-state index contributed by atoms with van der Waals surface area (Å²) >= 11 is 0. The molecule has 0 radical (unpaired) electrons. The molecule has 260 valence electrons. The van der Waals surface area contributed by atoms with E-state index >= 15 is 0 Å². The summed E-state index contributed by atoms with van der Waals surface area (Å²) in [4.78, 5) is 10.2. The fourth-order valence-electron chi connectivity index (χ4n) is 8.61. The van der Waals surface area contributed by atoms with Crippen LogP contribution in [0.4, 0.5) is 0 Å². The van der Waals surface area contributed by atoms with Crippen molar-refractivity contribution in [3.63, 3.8) is 0 Å². The lowest BCUT2D eigenvalue weighted by Gasteiger charge is -2.18. The van der Waals surface area contributed by atoms with Crippen molar-refractivity contribution >= 4 is 21.5 Å². The molecule has 0 fully saturated rings. The highest BCUT2D eigenvalue weighted by Gasteiger charge is 2.23. The van der Waals surface area contributed by atoms with Crippen LogP contribution in [0.5, 0.6) is 0 Å². The first kappa shape index (κ1) is 32.0. The van der Waals surface area contributed by atoms with Crippen LogP contribution in [0.1, 0.15) is 0 Å². The van der Waals surface area contributed by atoms with E-state index in [2.05, 4.69) is 182 Å². The molecule has 0 bridgehead atoms. The molecule has 11 rings (SSSR count). The average Bonchev–Trinajstić information content (AvgIpc) is 3.61. The predicted molar refractivity (Wildman–Crippen MR) is 234 cm³/mol. The molecule has 0 aliphatic heterocycles. The van der Waals surface area contributed by atoms with Crippen LogP contribution in [0.2, 0.25) is 0 Å². The molecule has 0 saturated carbocycles. The van der Waals surface area contributed by atoms with Gasteiger partial charge in [0.25, 0.3) is 0 Å². The SMILES string of the molecule is c1ccc(-c2cc(-c3cccc(-c4cc5ccccc5cc4-c4ccccc4-c4ccc5c6c(cccc46)-c4ccccc4-5)c3)nc(-c3ccccc3)n2)cc1. The lowest BCUT2D eigenvalue weighted by atomic mass is 9.85. The van der Waals surface area contributed by atoms with Gasteiger partial charge in [0.15, 0.2) is 5.82 Å². The predicted octanol–water partition coefficient (Wildman–Crippen LogP) is 14.4. The Kier molecular flexibility index (Phi) is 7.53. The fourth-order valence-corrected chi connectivity index (χ4v) is 8.61. The van der Waals surface area contributed by atoms with Gasteiger partial charge in [-0.15, -0.1) is 0 Å². The van der Waals surface area contributed by atoms with E-state index in [1.165, 1.54) is 71.6 Å². The van der Waals surface area contributed by atoms with Crippen LogP contribution in [-0.4, -0.2) is 9.97 Å². The Balaban J connectivity index is 1.10. The van der Waals surface area contributed by atoms with Crippen LogP contribution >= 0.6 is 0 Å². The van der Waals surface area contributed by atoms with Gasteiger partial charge >= 0.3 is 0 Å². The van der Waals surface area contributed by atoms with Gasteiger partial charge in [-0.25, -0.2) is 9.97 Å². The Bertz CT molecular complexity index is 3040. The molecule has 0 spiro atoms. The van der Waals surface area contributed by atoms with Gasteiger partial charge < -0.3 is 0 Å². The van der Waals surface area contributed by atoms with Gasteiger partial charge in [-0.1, -0.05) is 182 Å². The van der Waals surface area contributed by atoms with Crippen LogP contribution in [0.15, 0.2) is 206 Å². The van der Waals surface area contributed by atoms with Gasteiger partial charge in [-0.2, -0.15) is 0 Å². The van der Waals surface area contributed by atoms with E-state index in [0.717, 1.165) is 33.6 Å². The number of nitrogens with zero attached hydrogens (tertiary/aromatic N) is 2. The molecule has 0 N–H and O–H groups in total. The normalized spacial score (nSPS) is 11.6. The van der Waals surface area contributed by atoms with Crippen LogP contribution < -0.4 is 0 Å². The van der Waals surface area contributed by atoms with E-state index in [4.69, 9.17) is 9.97 Å². The molecular weight excluding hydrogens is 677 g/mol. The lowest BCUT2D eigenvalue weighted by Crippen LogP contribution is -1.96. The van der Waals surface area contributed by atoms with Gasteiger partial charge in [0.1, 0.15) is 0 Å². The Hall–Kier alpha value is -7.42. The van der Waals surface area contributed by atoms with Crippen LogP contribution in [0.25, 0.3) is 111 Å². The average molecular weight is 711 g/mol. The van der Waals surface area contributed by atoms with Crippen LogP contribution in [-0.2, 0) is 0 Å². The summed E-state index contributed by atoms with van der Waals surface area (Å²) in [6, 6.07) is 74.1. The number of aromatic nitrogens is 2. The van der Waals surface area contributed by atoms with Crippen molar-refractivity contribution in [1.29, 1.82) is 0 Å². The van der Waals surface area contributed by atoms with E-state index in [1.54, 1.807) is 0 Å². The Morgan fingerprint density at radius 3 is 1.41 bits per heavy atom. The third-order valence-electron chi connectivity index (χ3n) is 11.2. The van der Waals surface area contributed by atoms with Crippen molar-refractivity contribution in [3.05, 3.63) is 206 Å². The summed E-state index contributed by atoms with van der Waals surface area (Å²) in [6.45, 7) is 0. The Morgan fingerprint density at radius 1 is 0.250 bits per heavy atom. The largest absolute Gasteiger partial charge is 0.228 e. The monoisotopic (exact) mass is 710 g/mol. The summed E-state index contributed by atoms with van der Waals surface area (Å²) in [7, 11) is 0. The molecule has 0 atom stereocenters. The van der Waals surface area contributed by atoms with E-state index in [9.17, 15) is 0 Å². The molecule has 0 amide bonds. The number of fused-ring (bicyclic) bond motifs is 4. The molecule has 1 aliphatic rings. The van der Waals surface area contributed by atoms with Gasteiger partial charge in [0.2, 0.25) is 0 Å². The highest BCUT2D eigenvalue weighted by Crippen LogP contribution is 2.50. The maximum Gasteiger partial charge on any atom is 0.160 e. The van der Waals surface area contributed by atoms with Crippen molar-refractivity contribution in [1.82, 2.24) is 9.97 Å². The third kappa shape index (κ3) is 5.34. The first-order chi connectivity index (χ1) is 27.8. The smallest absolute Gasteiger partial charge is 0.160 e. The second-order valence-corrected chi connectivity index (χ2v) is 14.5. The van der Waals surface area contributed by atoms with Gasteiger partial charge in [-0.3, -0.25) is 0 Å². The molecule has 2 nitrogen and oxygen atoms in total. The molecule has 0 saturated heterocycles. The molecule has 1 aromatic heterocycles. The maximum atomic E-state index is 5.17. The summed E-state index contributed by atoms with van der Waals surface area (Å²) in [6.07, 6.45) is 0. The molecule has 9 aromatic carbocycles. The number of hydrogen-bond donors (Lipinski definition) is 0. The zero-order valence-corrected chi connectivity index (χ0v) is 30.5. The minimum absolute atomic E-state index is 0.709. The van der Waals surface area contributed by atoms with Crippen molar-refractivity contribution in [2.24, 2.45) is 0 Å². The molecule has 1 aliphatic carbocycles. The van der Waals surface area contributed by atoms with E-state index in [1.807, 2.05) is 24.3 Å². The van der Waals surface area contributed by atoms with E-state index in [-0.39, 0.29) is 0 Å². The lowest BCUT2D eigenvalue weighted by molar-refractivity contribution is 1.18. The first-order valence-corrected chi connectivity index (χ1v) is 19.2. The molecule has 0 unspecified atom stereocenters. The summed E-state index contributed by atoms with van der Waals surface area (Å²) in [5, 5.41) is 5.03. The third-order valence-corrected chi connectivity index (χ3v) is 11.2. The maximum absolute atomic E-state index is 5.17. The van der Waals surface area contributed by atoms with Crippen molar-refractivity contribution in [3.8, 4) is 89.5 Å². The zero-order valence-electron chi connectivity index (χ0n) is 30.5. The highest BCUT2D eigenvalue weighted by molar-refractivity contribution is 6.19. The van der Waals surface area contributed by atoms with Crippen molar-refractivity contribution < 1.29 is 0 Å². The van der Waals surface area contributed by atoms with E-state index in [0.29, 0.717) is 5.82 Å². The van der Waals surface area contributed by atoms with Crippen LogP contribution in [0.3, 0.4) is 0 Å². The minimum atomic E-state index is 0.709. The van der Waals surface area contributed by atoms with Crippen molar-refractivity contribution in [2.75, 3.05) is 0 Å².